The Morgan fingerprint density at radius 2 is 1.57 bits per heavy atom. The van der Waals surface area contributed by atoms with Crippen LogP contribution >= 0.6 is 35.6 Å². The van der Waals surface area contributed by atoms with Crippen molar-refractivity contribution in [2.24, 2.45) is 4.99 Å². The van der Waals surface area contributed by atoms with Crippen molar-refractivity contribution in [3.63, 3.8) is 0 Å². The minimum atomic E-state index is 0. The molecule has 2 aromatic carbocycles. The Morgan fingerprint density at radius 1 is 0.933 bits per heavy atom. The van der Waals surface area contributed by atoms with Crippen molar-refractivity contribution in [3.05, 3.63) is 46.5 Å². The molecule has 30 heavy (non-hydrogen) atoms. The van der Waals surface area contributed by atoms with Crippen molar-refractivity contribution in [1.29, 1.82) is 0 Å². The molecule has 0 heterocycles. The van der Waals surface area contributed by atoms with Crippen LogP contribution in [0.5, 0.6) is 23.0 Å². The molecule has 0 spiro atoms. The van der Waals surface area contributed by atoms with Crippen LogP contribution in [0.3, 0.4) is 0 Å². The van der Waals surface area contributed by atoms with E-state index in [2.05, 4.69) is 15.6 Å². The summed E-state index contributed by atoms with van der Waals surface area (Å²) < 4.78 is 21.8. The second-order valence-electron chi connectivity index (χ2n) is 6.00. The number of methoxy groups -OCH3 is 3. The third-order valence-corrected chi connectivity index (χ3v) is 4.42. The van der Waals surface area contributed by atoms with Gasteiger partial charge in [0.2, 0.25) is 5.75 Å². The summed E-state index contributed by atoms with van der Waals surface area (Å²) in [6.07, 6.45) is 0. The van der Waals surface area contributed by atoms with Crippen LogP contribution < -0.4 is 29.6 Å². The standard InChI is InChI=1S/C21H28ClN3O4.HI/c1-6-29-17-11-16(22)8-7-15(17)13-25-21(23-2)24-12-14-9-18(26-3)20(28-5)19(10-14)27-4;/h7-11H,6,12-13H2,1-5H3,(H2,23,24,25);1H. The van der Waals surface area contributed by atoms with E-state index in [1.165, 1.54) is 0 Å². The molecule has 0 aliphatic carbocycles. The number of ether oxygens (including phenoxy) is 4. The Morgan fingerprint density at radius 3 is 2.10 bits per heavy atom. The number of hydrogen-bond donors (Lipinski definition) is 2. The van der Waals surface area contributed by atoms with Gasteiger partial charge >= 0.3 is 0 Å². The Hall–Kier alpha value is -2.07. The lowest BCUT2D eigenvalue weighted by Crippen LogP contribution is -2.36. The van der Waals surface area contributed by atoms with Crippen LogP contribution in [-0.4, -0.2) is 40.9 Å². The van der Waals surface area contributed by atoms with E-state index >= 15 is 0 Å². The van der Waals surface area contributed by atoms with Gasteiger partial charge in [-0.15, -0.1) is 24.0 Å². The lowest BCUT2D eigenvalue weighted by Gasteiger charge is -2.16. The molecule has 0 saturated carbocycles. The molecular formula is C21H29ClIN3O4. The minimum absolute atomic E-state index is 0. The van der Waals surface area contributed by atoms with E-state index in [-0.39, 0.29) is 24.0 Å². The zero-order chi connectivity index (χ0) is 21.2. The van der Waals surface area contributed by atoms with E-state index in [4.69, 9.17) is 30.5 Å². The van der Waals surface area contributed by atoms with Gasteiger partial charge < -0.3 is 29.6 Å². The number of nitrogens with one attached hydrogen (secondary N) is 2. The number of hydrogen-bond acceptors (Lipinski definition) is 5. The normalized spacial score (nSPS) is 10.7. The zero-order valence-electron chi connectivity index (χ0n) is 17.9. The van der Waals surface area contributed by atoms with Crippen LogP contribution in [0, 0.1) is 0 Å². The molecule has 0 fully saturated rings. The van der Waals surface area contributed by atoms with Gasteiger partial charge in [-0.25, -0.2) is 0 Å². The second kappa shape index (κ2) is 13.3. The fraction of sp³-hybridized carbons (Fsp3) is 0.381. The maximum atomic E-state index is 6.07. The SMILES string of the molecule is CCOc1cc(Cl)ccc1CNC(=NC)NCc1cc(OC)c(OC)c(OC)c1.I. The third-order valence-electron chi connectivity index (χ3n) is 4.18. The van der Waals surface area contributed by atoms with Crippen molar-refractivity contribution in [1.82, 2.24) is 10.6 Å². The smallest absolute Gasteiger partial charge is 0.203 e. The minimum Gasteiger partial charge on any atom is -0.493 e. The maximum Gasteiger partial charge on any atom is 0.203 e. The van der Waals surface area contributed by atoms with Gasteiger partial charge in [0.25, 0.3) is 0 Å². The summed E-state index contributed by atoms with van der Waals surface area (Å²) in [7, 11) is 6.49. The first-order valence-corrected chi connectivity index (χ1v) is 9.58. The van der Waals surface area contributed by atoms with Crippen molar-refractivity contribution >= 4 is 41.5 Å². The van der Waals surface area contributed by atoms with Crippen molar-refractivity contribution in [3.8, 4) is 23.0 Å². The van der Waals surface area contributed by atoms with Crippen LogP contribution in [0.1, 0.15) is 18.1 Å². The Kier molecular flexibility index (Phi) is 11.5. The van der Waals surface area contributed by atoms with Gasteiger partial charge in [0, 0.05) is 30.7 Å². The Balaban J connectivity index is 0.00000450. The van der Waals surface area contributed by atoms with E-state index in [0.29, 0.717) is 47.9 Å². The molecule has 0 aromatic heterocycles. The molecule has 0 bridgehead atoms. The zero-order valence-corrected chi connectivity index (χ0v) is 21.0. The average molecular weight is 550 g/mol. The largest absolute Gasteiger partial charge is 0.493 e. The number of rotatable bonds is 9. The molecule has 2 aromatic rings. The van der Waals surface area contributed by atoms with Crippen LogP contribution in [0.15, 0.2) is 35.3 Å². The lowest BCUT2D eigenvalue weighted by molar-refractivity contribution is 0.323. The van der Waals surface area contributed by atoms with Gasteiger partial charge in [-0.05, 0) is 36.8 Å². The highest BCUT2D eigenvalue weighted by molar-refractivity contribution is 14.0. The van der Waals surface area contributed by atoms with Crippen LogP contribution in [0.25, 0.3) is 0 Å². The predicted molar refractivity (Wildman–Crippen MR) is 131 cm³/mol. The van der Waals surface area contributed by atoms with Gasteiger partial charge in [0.15, 0.2) is 17.5 Å². The molecule has 0 atom stereocenters. The number of guanidine groups is 1. The van der Waals surface area contributed by atoms with E-state index in [1.54, 1.807) is 28.4 Å². The highest BCUT2D eigenvalue weighted by atomic mass is 127. The molecule has 9 heteroatoms. The summed E-state index contributed by atoms with van der Waals surface area (Å²) in [4.78, 5) is 4.27. The van der Waals surface area contributed by atoms with E-state index in [1.807, 2.05) is 37.3 Å². The van der Waals surface area contributed by atoms with Gasteiger partial charge in [-0.3, -0.25) is 4.99 Å². The van der Waals surface area contributed by atoms with Crippen molar-refractivity contribution < 1.29 is 18.9 Å². The molecule has 2 rings (SSSR count). The van der Waals surface area contributed by atoms with Crippen molar-refractivity contribution in [2.45, 2.75) is 20.0 Å². The van der Waals surface area contributed by atoms with Gasteiger partial charge in [0.1, 0.15) is 5.75 Å². The molecule has 0 radical (unpaired) electrons. The van der Waals surface area contributed by atoms with Crippen molar-refractivity contribution in [2.75, 3.05) is 35.0 Å². The highest BCUT2D eigenvalue weighted by Gasteiger charge is 2.13. The number of halogens is 2. The first kappa shape index (κ1) is 26.0. The van der Waals surface area contributed by atoms with E-state index < -0.39 is 0 Å². The number of aliphatic imine (C=N–C) groups is 1. The van der Waals surface area contributed by atoms with Gasteiger partial charge in [0.05, 0.1) is 27.9 Å². The highest BCUT2D eigenvalue weighted by Crippen LogP contribution is 2.38. The third kappa shape index (κ3) is 7.02. The van der Waals surface area contributed by atoms with Crippen LogP contribution in [0.4, 0.5) is 0 Å². The van der Waals surface area contributed by atoms with E-state index in [0.717, 1.165) is 16.9 Å². The first-order chi connectivity index (χ1) is 14.1. The summed E-state index contributed by atoms with van der Waals surface area (Å²) in [6, 6.07) is 9.39. The summed E-state index contributed by atoms with van der Waals surface area (Å²) in [5.74, 6) is 3.18. The lowest BCUT2D eigenvalue weighted by atomic mass is 10.1. The monoisotopic (exact) mass is 549 g/mol. The Bertz CT molecular complexity index is 824. The van der Waals surface area contributed by atoms with Gasteiger partial charge in [-0.2, -0.15) is 0 Å². The van der Waals surface area contributed by atoms with Gasteiger partial charge in [-0.1, -0.05) is 17.7 Å². The molecule has 0 unspecified atom stereocenters. The molecule has 0 aliphatic heterocycles. The topological polar surface area (TPSA) is 73.3 Å². The molecule has 7 nitrogen and oxygen atoms in total. The van der Waals surface area contributed by atoms with Crippen LogP contribution in [-0.2, 0) is 13.1 Å². The number of benzene rings is 2. The fourth-order valence-electron chi connectivity index (χ4n) is 2.79. The summed E-state index contributed by atoms with van der Waals surface area (Å²) in [5.41, 5.74) is 1.95. The van der Waals surface area contributed by atoms with E-state index in [9.17, 15) is 0 Å². The summed E-state index contributed by atoms with van der Waals surface area (Å²) in [5, 5.41) is 7.20. The summed E-state index contributed by atoms with van der Waals surface area (Å²) in [6.45, 7) is 3.58. The summed E-state index contributed by atoms with van der Waals surface area (Å²) >= 11 is 6.07. The molecule has 2 N–H and O–H groups in total. The molecule has 0 saturated heterocycles. The molecular weight excluding hydrogens is 521 g/mol. The second-order valence-corrected chi connectivity index (χ2v) is 6.43. The molecule has 0 amide bonds. The molecule has 0 aliphatic rings. The predicted octanol–water partition coefficient (Wildman–Crippen LogP) is 4.25. The quantitative estimate of drug-likeness (QED) is 0.277. The van der Waals surface area contributed by atoms with Crippen LogP contribution in [0.2, 0.25) is 5.02 Å². The first-order valence-electron chi connectivity index (χ1n) is 9.20. The Labute approximate surface area is 200 Å². The number of nitrogens with zero attached hydrogens (tertiary/aromatic N) is 1. The molecule has 166 valence electrons. The maximum absolute atomic E-state index is 6.07. The fourth-order valence-corrected chi connectivity index (χ4v) is 2.95. The average Bonchev–Trinajstić information content (AvgIpc) is 2.74.